The SMILES string of the molecule is CCCCCCCCCCCCCCCC(CC)NC(=O)OCC(CN(C(=O)OC(CC)OC(=O)NCc1cccc[n+]1CC)C(=O)c1ccccc1OC)OC.[Cl-]. The Morgan fingerprint density at radius 3 is 1.95 bits per heavy atom. The number of rotatable bonds is 29. The van der Waals surface area contributed by atoms with E-state index >= 15 is 0 Å². The van der Waals surface area contributed by atoms with Crippen molar-refractivity contribution in [3.8, 4) is 5.75 Å². The van der Waals surface area contributed by atoms with E-state index in [1.807, 2.05) is 42.8 Å². The molecule has 1 aromatic heterocycles. The first-order valence-electron chi connectivity index (χ1n) is 21.2. The highest BCUT2D eigenvalue weighted by atomic mass is 35.5. The summed E-state index contributed by atoms with van der Waals surface area (Å²) in [6.07, 6.45) is 15.6. The van der Waals surface area contributed by atoms with Crippen molar-refractivity contribution in [3.63, 3.8) is 0 Å². The molecule has 0 fully saturated rings. The number of nitrogens with one attached hydrogen (secondary N) is 2. The zero-order valence-corrected chi connectivity index (χ0v) is 36.7. The molecule has 4 amide bonds. The number of pyridine rings is 1. The molecule has 1 aromatic carbocycles. The van der Waals surface area contributed by atoms with Crippen molar-refractivity contribution >= 4 is 24.2 Å². The second kappa shape index (κ2) is 31.8. The van der Waals surface area contributed by atoms with Crippen LogP contribution in [0.2, 0.25) is 0 Å². The largest absolute Gasteiger partial charge is 1.00 e. The molecule has 0 saturated heterocycles. The Balaban J connectivity index is 0.0000168. The maximum Gasteiger partial charge on any atom is 0.419 e. The lowest BCUT2D eigenvalue weighted by Gasteiger charge is -2.27. The van der Waals surface area contributed by atoms with Gasteiger partial charge in [-0.1, -0.05) is 122 Å². The van der Waals surface area contributed by atoms with Gasteiger partial charge in [0.25, 0.3) is 12.2 Å². The van der Waals surface area contributed by atoms with Gasteiger partial charge in [-0.05, 0) is 31.9 Å². The van der Waals surface area contributed by atoms with Crippen molar-refractivity contribution < 1.29 is 59.8 Å². The van der Waals surface area contributed by atoms with E-state index in [2.05, 4.69) is 17.6 Å². The van der Waals surface area contributed by atoms with E-state index in [4.69, 9.17) is 23.7 Å². The van der Waals surface area contributed by atoms with Crippen LogP contribution in [0.15, 0.2) is 48.7 Å². The average molecular weight is 836 g/mol. The van der Waals surface area contributed by atoms with Gasteiger partial charge in [-0.15, -0.1) is 0 Å². The van der Waals surface area contributed by atoms with E-state index in [0.29, 0.717) is 0 Å². The number of hydrogen-bond donors (Lipinski definition) is 2. The predicted octanol–water partition coefficient (Wildman–Crippen LogP) is 6.25. The smallest absolute Gasteiger partial charge is 0.419 e. The zero-order chi connectivity index (χ0) is 41.7. The summed E-state index contributed by atoms with van der Waals surface area (Å²) in [5.74, 6) is -0.493. The number of carbonyl (C=O) groups excluding carboxylic acids is 4. The number of hydrogen-bond acceptors (Lipinski definition) is 9. The van der Waals surface area contributed by atoms with Gasteiger partial charge in [0, 0.05) is 31.7 Å². The van der Waals surface area contributed by atoms with Crippen LogP contribution in [-0.2, 0) is 32.0 Å². The van der Waals surface area contributed by atoms with E-state index in [9.17, 15) is 19.2 Å². The van der Waals surface area contributed by atoms with Crippen LogP contribution in [0.3, 0.4) is 0 Å². The van der Waals surface area contributed by atoms with Gasteiger partial charge in [0.2, 0.25) is 5.69 Å². The summed E-state index contributed by atoms with van der Waals surface area (Å²) in [6, 6.07) is 12.1. The van der Waals surface area contributed by atoms with Gasteiger partial charge in [-0.3, -0.25) is 4.79 Å². The number of ether oxygens (including phenoxy) is 5. The molecule has 2 N–H and O–H groups in total. The minimum Gasteiger partial charge on any atom is -1.00 e. The summed E-state index contributed by atoms with van der Waals surface area (Å²) in [7, 11) is 2.81. The Labute approximate surface area is 353 Å². The van der Waals surface area contributed by atoms with Gasteiger partial charge in [-0.2, -0.15) is 0 Å². The van der Waals surface area contributed by atoms with Gasteiger partial charge in [-0.25, -0.2) is 23.9 Å². The summed E-state index contributed by atoms with van der Waals surface area (Å²) in [4.78, 5) is 53.9. The number of carbonyl (C=O) groups is 4. The van der Waals surface area contributed by atoms with Crippen molar-refractivity contribution in [1.29, 1.82) is 0 Å². The van der Waals surface area contributed by atoms with Crippen LogP contribution in [0.5, 0.6) is 5.75 Å². The van der Waals surface area contributed by atoms with Crippen molar-refractivity contribution in [2.24, 2.45) is 0 Å². The minimum absolute atomic E-state index is 0. The molecule has 0 aliphatic rings. The number of imide groups is 1. The number of halogens is 1. The van der Waals surface area contributed by atoms with E-state index in [-0.39, 0.29) is 55.9 Å². The molecule has 0 bridgehead atoms. The fourth-order valence-corrected chi connectivity index (χ4v) is 6.44. The molecule has 58 heavy (non-hydrogen) atoms. The predicted molar refractivity (Wildman–Crippen MR) is 220 cm³/mol. The normalized spacial score (nSPS) is 12.3. The molecule has 0 spiro atoms. The zero-order valence-electron chi connectivity index (χ0n) is 35.9. The Hall–Kier alpha value is -4.10. The van der Waals surface area contributed by atoms with Crippen LogP contribution >= 0.6 is 0 Å². The highest BCUT2D eigenvalue weighted by Crippen LogP contribution is 2.21. The summed E-state index contributed by atoms with van der Waals surface area (Å²) in [5.41, 5.74) is 0.959. The maximum absolute atomic E-state index is 13.9. The third kappa shape index (κ3) is 20.5. The molecule has 14 heteroatoms. The van der Waals surface area contributed by atoms with Crippen LogP contribution in [0, 0.1) is 0 Å². The summed E-state index contributed by atoms with van der Waals surface area (Å²) >= 11 is 0. The standard InChI is InChI=1S/C44H70N4O9.ClH/c1-7-11-12-13-14-15-16-17-18-19-20-21-22-27-35(8-2)46-43(51)55-34-37(53-5)33-48(41(49)38-29-23-24-30-39(38)54-6)44(52)57-40(9-3)56-42(50)45-32-36-28-25-26-31-47(36)10-4;/h23-26,28-31,35,37,40H,7-22,27,32-34H2,1-6H3,(H-,45,46,50,51);1H. The number of benzene rings is 1. The molecule has 0 aliphatic carbocycles. The molecule has 0 aliphatic heterocycles. The summed E-state index contributed by atoms with van der Waals surface area (Å²) in [6.45, 7) is 8.28. The molecule has 3 unspecified atom stereocenters. The first-order chi connectivity index (χ1) is 27.7. The number of aryl methyl sites for hydroxylation is 1. The van der Waals surface area contributed by atoms with Crippen molar-refractivity contribution in [1.82, 2.24) is 15.5 Å². The third-order valence-electron chi connectivity index (χ3n) is 9.99. The molecule has 2 aromatic rings. The Morgan fingerprint density at radius 2 is 1.36 bits per heavy atom. The first kappa shape index (κ1) is 51.9. The molecule has 0 saturated carbocycles. The lowest BCUT2D eigenvalue weighted by atomic mass is 10.0. The number of amides is 4. The lowest BCUT2D eigenvalue weighted by molar-refractivity contribution is -0.701. The minimum atomic E-state index is -1.30. The van der Waals surface area contributed by atoms with E-state index in [1.165, 1.54) is 90.9 Å². The second-order valence-corrected chi connectivity index (χ2v) is 14.3. The van der Waals surface area contributed by atoms with Crippen LogP contribution in [0.1, 0.15) is 146 Å². The summed E-state index contributed by atoms with van der Waals surface area (Å²) in [5, 5.41) is 5.63. The molecular weight excluding hydrogens is 764 g/mol. The fourth-order valence-electron chi connectivity index (χ4n) is 6.44. The molecule has 2 rings (SSSR count). The van der Waals surface area contributed by atoms with Gasteiger partial charge >= 0.3 is 18.3 Å². The lowest BCUT2D eigenvalue weighted by Crippen LogP contribution is -3.00. The van der Waals surface area contributed by atoms with E-state index in [1.54, 1.807) is 25.1 Å². The fraction of sp³-hybridized carbons (Fsp3) is 0.659. The number of methoxy groups -OCH3 is 2. The Bertz CT molecular complexity index is 1450. The molecule has 13 nitrogen and oxygen atoms in total. The third-order valence-corrected chi connectivity index (χ3v) is 9.99. The molecular formula is C44H71ClN4O9. The Kier molecular flexibility index (Phi) is 28.5. The van der Waals surface area contributed by atoms with Crippen LogP contribution < -0.4 is 32.3 Å². The maximum atomic E-state index is 13.9. The number of para-hydroxylation sites is 1. The average Bonchev–Trinajstić information content (AvgIpc) is 3.23. The number of alkyl carbamates (subject to hydrolysis) is 2. The van der Waals surface area contributed by atoms with Crippen molar-refractivity contribution in [2.45, 2.75) is 162 Å². The monoisotopic (exact) mass is 834 g/mol. The van der Waals surface area contributed by atoms with Gasteiger partial charge in [0.05, 0.1) is 19.2 Å². The van der Waals surface area contributed by atoms with Gasteiger partial charge in [0.1, 0.15) is 31.5 Å². The first-order valence-corrected chi connectivity index (χ1v) is 21.2. The van der Waals surface area contributed by atoms with Crippen molar-refractivity contribution in [2.75, 3.05) is 27.4 Å². The number of unbranched alkanes of at least 4 members (excludes halogenated alkanes) is 12. The van der Waals surface area contributed by atoms with Crippen LogP contribution in [0.4, 0.5) is 14.4 Å². The summed E-state index contributed by atoms with van der Waals surface area (Å²) < 4.78 is 29.4. The topological polar surface area (TPSA) is 146 Å². The second-order valence-electron chi connectivity index (χ2n) is 14.3. The Morgan fingerprint density at radius 1 is 0.741 bits per heavy atom. The highest BCUT2D eigenvalue weighted by molar-refractivity contribution is 6.04. The molecule has 3 atom stereocenters. The molecule has 0 radical (unpaired) electrons. The molecule has 1 heterocycles. The molecule has 328 valence electrons. The van der Waals surface area contributed by atoms with Crippen LogP contribution in [0.25, 0.3) is 0 Å². The highest BCUT2D eigenvalue weighted by Gasteiger charge is 2.32. The number of nitrogens with zero attached hydrogens (tertiary/aromatic N) is 2. The van der Waals surface area contributed by atoms with Gasteiger partial charge in [0.15, 0.2) is 6.20 Å². The van der Waals surface area contributed by atoms with Gasteiger partial charge < -0.3 is 46.7 Å². The number of aromatic nitrogens is 1. The quantitative estimate of drug-likeness (QED) is 0.0552. The van der Waals surface area contributed by atoms with Crippen LogP contribution in [-0.4, -0.2) is 74.9 Å². The van der Waals surface area contributed by atoms with E-state index in [0.717, 1.165) is 42.8 Å². The van der Waals surface area contributed by atoms with E-state index < -0.39 is 36.6 Å². The van der Waals surface area contributed by atoms with Crippen molar-refractivity contribution in [3.05, 3.63) is 59.9 Å².